The van der Waals surface area contributed by atoms with Crippen molar-refractivity contribution in [2.75, 3.05) is 26.2 Å². The molecule has 1 aliphatic heterocycles. The number of hydrazone groups is 1. The van der Waals surface area contributed by atoms with Gasteiger partial charge in [-0.25, -0.2) is 4.68 Å². The van der Waals surface area contributed by atoms with Crippen molar-refractivity contribution in [3.05, 3.63) is 83.2 Å². The molecule has 0 amide bonds. The molecule has 1 saturated heterocycles. The number of aromatic nitrogens is 2. The van der Waals surface area contributed by atoms with Crippen LogP contribution in [0.15, 0.2) is 65.8 Å². The van der Waals surface area contributed by atoms with Crippen LogP contribution in [0.25, 0.3) is 5.69 Å². The molecule has 0 spiro atoms. The van der Waals surface area contributed by atoms with Gasteiger partial charge in [-0.3, -0.25) is 5.01 Å². The van der Waals surface area contributed by atoms with Crippen LogP contribution in [-0.2, 0) is 6.54 Å². The number of benzene rings is 2. The van der Waals surface area contributed by atoms with E-state index in [0.29, 0.717) is 0 Å². The first-order valence-corrected chi connectivity index (χ1v) is 9.99. The molecule has 2 heterocycles. The zero-order valence-corrected chi connectivity index (χ0v) is 16.7. The second-order valence-corrected chi connectivity index (χ2v) is 7.44. The van der Waals surface area contributed by atoms with Gasteiger partial charge in [0.25, 0.3) is 0 Å². The largest absolute Gasteiger partial charge is 0.328 e. The zero-order chi connectivity index (χ0) is 19.3. The lowest BCUT2D eigenvalue weighted by Gasteiger charge is -2.30. The first-order chi connectivity index (χ1) is 13.7. The highest BCUT2D eigenvalue weighted by Gasteiger charge is 2.19. The number of rotatable bonds is 5. The number of hydrogen-bond acceptors (Lipinski definition) is 3. The van der Waals surface area contributed by atoms with Gasteiger partial charge in [-0.15, -0.1) is 0 Å². The van der Waals surface area contributed by atoms with E-state index in [1.807, 2.05) is 29.1 Å². The summed E-state index contributed by atoms with van der Waals surface area (Å²) in [5.41, 5.74) is 5.75. The number of quaternary nitrogens is 1. The summed E-state index contributed by atoms with van der Waals surface area (Å²) in [6, 6.07) is 21.0. The second-order valence-electron chi connectivity index (χ2n) is 7.44. The van der Waals surface area contributed by atoms with Crippen molar-refractivity contribution in [2.24, 2.45) is 5.10 Å². The van der Waals surface area contributed by atoms with Crippen molar-refractivity contribution in [3.8, 4) is 5.69 Å². The SMILES string of the molecule is Cc1nn(-c2ccccc2)c(C)c1C=NN1CC[NH+](Cc2ccccc2)CC1. The van der Waals surface area contributed by atoms with E-state index in [1.54, 1.807) is 4.90 Å². The van der Waals surface area contributed by atoms with Gasteiger partial charge in [0.2, 0.25) is 0 Å². The Morgan fingerprint density at radius 1 is 0.964 bits per heavy atom. The Morgan fingerprint density at radius 2 is 1.61 bits per heavy atom. The number of piperazine rings is 1. The monoisotopic (exact) mass is 374 g/mol. The number of nitrogens with one attached hydrogen (secondary N) is 1. The zero-order valence-electron chi connectivity index (χ0n) is 16.7. The van der Waals surface area contributed by atoms with Gasteiger partial charge in [-0.2, -0.15) is 10.2 Å². The minimum atomic E-state index is 0.990. The third kappa shape index (κ3) is 4.15. The highest BCUT2D eigenvalue weighted by atomic mass is 15.5. The van der Waals surface area contributed by atoms with E-state index in [2.05, 4.69) is 61.3 Å². The average Bonchev–Trinajstić information content (AvgIpc) is 3.02. The van der Waals surface area contributed by atoms with E-state index in [0.717, 1.165) is 55.4 Å². The third-order valence-corrected chi connectivity index (χ3v) is 5.44. The Kier molecular flexibility index (Phi) is 5.53. The second kappa shape index (κ2) is 8.40. The third-order valence-electron chi connectivity index (χ3n) is 5.44. The van der Waals surface area contributed by atoms with Gasteiger partial charge in [0.05, 0.1) is 49.5 Å². The minimum Gasteiger partial charge on any atom is -0.328 e. The number of para-hydroxylation sites is 1. The Morgan fingerprint density at radius 3 is 2.29 bits per heavy atom. The summed E-state index contributed by atoms with van der Waals surface area (Å²) in [5, 5.41) is 11.7. The molecule has 1 aliphatic rings. The topological polar surface area (TPSA) is 37.9 Å². The predicted molar refractivity (Wildman–Crippen MR) is 113 cm³/mol. The molecular weight excluding hydrogens is 346 g/mol. The number of hydrogen-bond donors (Lipinski definition) is 1. The Labute approximate surface area is 166 Å². The minimum absolute atomic E-state index is 0.990. The van der Waals surface area contributed by atoms with Gasteiger partial charge in [-0.05, 0) is 26.0 Å². The van der Waals surface area contributed by atoms with E-state index in [4.69, 9.17) is 10.2 Å². The van der Waals surface area contributed by atoms with Crippen molar-refractivity contribution in [2.45, 2.75) is 20.4 Å². The van der Waals surface area contributed by atoms with Gasteiger partial charge in [0.1, 0.15) is 6.54 Å². The number of nitrogens with zero attached hydrogens (tertiary/aromatic N) is 4. The van der Waals surface area contributed by atoms with Crippen molar-refractivity contribution in [3.63, 3.8) is 0 Å². The fraction of sp³-hybridized carbons (Fsp3) is 0.304. The molecule has 1 N–H and O–H groups in total. The molecule has 3 aromatic rings. The molecule has 0 unspecified atom stereocenters. The molecule has 5 heteroatoms. The van der Waals surface area contributed by atoms with Crippen LogP contribution in [0.3, 0.4) is 0 Å². The summed E-state index contributed by atoms with van der Waals surface area (Å²) in [5.74, 6) is 0. The van der Waals surface area contributed by atoms with Crippen LogP contribution in [0.1, 0.15) is 22.5 Å². The van der Waals surface area contributed by atoms with Crippen LogP contribution in [0, 0.1) is 13.8 Å². The average molecular weight is 375 g/mol. The molecule has 0 saturated carbocycles. The van der Waals surface area contributed by atoms with Crippen LogP contribution >= 0.6 is 0 Å². The van der Waals surface area contributed by atoms with Gasteiger partial charge < -0.3 is 4.90 Å². The summed E-state index contributed by atoms with van der Waals surface area (Å²) in [7, 11) is 0. The highest BCUT2D eigenvalue weighted by molar-refractivity contribution is 5.82. The van der Waals surface area contributed by atoms with Crippen LogP contribution < -0.4 is 4.90 Å². The van der Waals surface area contributed by atoms with Crippen LogP contribution in [0.5, 0.6) is 0 Å². The van der Waals surface area contributed by atoms with Gasteiger partial charge in [-0.1, -0.05) is 48.5 Å². The summed E-state index contributed by atoms with van der Waals surface area (Å²) in [4.78, 5) is 1.63. The lowest BCUT2D eigenvalue weighted by atomic mass is 10.2. The predicted octanol–water partition coefficient (Wildman–Crippen LogP) is 2.22. The lowest BCUT2D eigenvalue weighted by Crippen LogP contribution is -3.13. The molecule has 0 radical (unpaired) electrons. The highest BCUT2D eigenvalue weighted by Crippen LogP contribution is 2.16. The first kappa shape index (κ1) is 18.4. The van der Waals surface area contributed by atoms with E-state index >= 15 is 0 Å². The molecule has 28 heavy (non-hydrogen) atoms. The molecule has 0 atom stereocenters. The Hall–Kier alpha value is -2.92. The maximum absolute atomic E-state index is 4.77. The summed E-state index contributed by atoms with van der Waals surface area (Å²) >= 11 is 0. The molecule has 144 valence electrons. The molecule has 2 aromatic carbocycles. The van der Waals surface area contributed by atoms with Gasteiger partial charge in [0.15, 0.2) is 0 Å². The summed E-state index contributed by atoms with van der Waals surface area (Å²) in [6.45, 7) is 9.47. The Bertz CT molecular complexity index is 922. The van der Waals surface area contributed by atoms with E-state index < -0.39 is 0 Å². The van der Waals surface area contributed by atoms with Crippen LogP contribution in [-0.4, -0.2) is 47.2 Å². The number of aryl methyl sites for hydroxylation is 1. The fourth-order valence-electron chi connectivity index (χ4n) is 3.79. The standard InChI is InChI=1S/C23H27N5/c1-19-23(20(2)28(25-19)22-11-7-4-8-12-22)17-24-27-15-13-26(14-16-27)18-21-9-5-3-6-10-21/h3-12,17H,13-16,18H2,1-2H3/p+1. The summed E-state index contributed by atoms with van der Waals surface area (Å²) < 4.78 is 2.00. The molecule has 0 aliphatic carbocycles. The Balaban J connectivity index is 1.38. The van der Waals surface area contributed by atoms with Crippen molar-refractivity contribution in [1.29, 1.82) is 0 Å². The van der Waals surface area contributed by atoms with Crippen molar-refractivity contribution in [1.82, 2.24) is 14.8 Å². The maximum atomic E-state index is 4.77. The van der Waals surface area contributed by atoms with E-state index in [9.17, 15) is 0 Å². The molecule has 1 aromatic heterocycles. The molecule has 4 rings (SSSR count). The lowest BCUT2D eigenvalue weighted by molar-refractivity contribution is -0.918. The van der Waals surface area contributed by atoms with Crippen LogP contribution in [0.4, 0.5) is 0 Å². The molecule has 5 nitrogen and oxygen atoms in total. The normalized spacial score (nSPS) is 15.4. The van der Waals surface area contributed by atoms with Crippen LogP contribution in [0.2, 0.25) is 0 Å². The van der Waals surface area contributed by atoms with Crippen molar-refractivity contribution >= 4 is 6.21 Å². The quantitative estimate of drug-likeness (QED) is 0.696. The van der Waals surface area contributed by atoms with E-state index in [-0.39, 0.29) is 0 Å². The van der Waals surface area contributed by atoms with Gasteiger partial charge in [0, 0.05) is 11.1 Å². The van der Waals surface area contributed by atoms with E-state index in [1.165, 1.54) is 5.56 Å². The molecule has 1 fully saturated rings. The smallest absolute Gasteiger partial charge is 0.103 e. The first-order valence-electron chi connectivity index (χ1n) is 9.99. The fourth-order valence-corrected chi connectivity index (χ4v) is 3.79. The molecule has 0 bridgehead atoms. The summed E-state index contributed by atoms with van der Waals surface area (Å²) in [6.07, 6.45) is 1.99. The van der Waals surface area contributed by atoms with Gasteiger partial charge >= 0.3 is 0 Å². The molecular formula is C23H28N5+. The van der Waals surface area contributed by atoms with Crippen molar-refractivity contribution < 1.29 is 4.90 Å². The maximum Gasteiger partial charge on any atom is 0.103 e.